The topological polar surface area (TPSA) is 55.3 Å². The number of rotatable bonds is 3. The van der Waals surface area contributed by atoms with Crippen LogP contribution in [-0.4, -0.2) is 5.16 Å². The molecule has 1 aromatic heterocycles. The smallest absolute Gasteiger partial charge is 0.241 e. The molecule has 0 aliphatic carbocycles. The Balaban J connectivity index is 2.06. The SMILES string of the molecule is NN(Cc1ccccc1)c1ccno1. The third-order valence-corrected chi connectivity index (χ3v) is 1.90. The average Bonchev–Trinajstić information content (AvgIpc) is 2.72. The number of nitrogens with two attached hydrogens (primary N) is 1. The first-order chi connectivity index (χ1) is 6.86. The molecule has 72 valence electrons. The van der Waals surface area contributed by atoms with Gasteiger partial charge in [-0.1, -0.05) is 35.5 Å². The van der Waals surface area contributed by atoms with Crippen molar-refractivity contribution >= 4 is 5.88 Å². The number of hydrazine groups is 1. The van der Waals surface area contributed by atoms with Crippen molar-refractivity contribution in [1.29, 1.82) is 0 Å². The summed E-state index contributed by atoms with van der Waals surface area (Å²) in [6, 6.07) is 11.7. The van der Waals surface area contributed by atoms with Crippen molar-refractivity contribution in [2.45, 2.75) is 6.54 Å². The number of hydrogen-bond acceptors (Lipinski definition) is 4. The lowest BCUT2D eigenvalue weighted by atomic mass is 10.2. The number of hydrogen-bond donors (Lipinski definition) is 1. The van der Waals surface area contributed by atoms with E-state index >= 15 is 0 Å². The molecule has 0 saturated heterocycles. The van der Waals surface area contributed by atoms with Crippen LogP contribution in [0.1, 0.15) is 5.56 Å². The third-order valence-electron chi connectivity index (χ3n) is 1.90. The summed E-state index contributed by atoms with van der Waals surface area (Å²) in [5.74, 6) is 6.33. The van der Waals surface area contributed by atoms with Crippen molar-refractivity contribution in [1.82, 2.24) is 5.16 Å². The van der Waals surface area contributed by atoms with E-state index in [2.05, 4.69) is 5.16 Å². The Morgan fingerprint density at radius 2 is 2.00 bits per heavy atom. The van der Waals surface area contributed by atoms with Crippen LogP contribution in [0.4, 0.5) is 5.88 Å². The van der Waals surface area contributed by atoms with Gasteiger partial charge < -0.3 is 4.52 Å². The summed E-state index contributed by atoms with van der Waals surface area (Å²) >= 11 is 0. The minimum absolute atomic E-state index is 0.564. The summed E-state index contributed by atoms with van der Waals surface area (Å²) in [5.41, 5.74) is 1.13. The fourth-order valence-electron chi connectivity index (χ4n) is 1.22. The standard InChI is InChI=1S/C10H11N3O/c11-13(10-6-7-12-14-10)8-9-4-2-1-3-5-9/h1-7H,8,11H2. The normalized spacial score (nSPS) is 10.1. The summed E-state index contributed by atoms with van der Waals surface area (Å²) in [7, 11) is 0. The average molecular weight is 189 g/mol. The molecule has 0 unspecified atom stereocenters. The molecule has 0 amide bonds. The maximum atomic E-state index is 5.77. The van der Waals surface area contributed by atoms with E-state index in [1.54, 1.807) is 12.3 Å². The molecule has 0 radical (unpaired) electrons. The van der Waals surface area contributed by atoms with Gasteiger partial charge >= 0.3 is 0 Å². The minimum atomic E-state index is 0.564. The minimum Gasteiger partial charge on any atom is -0.337 e. The third kappa shape index (κ3) is 1.92. The molecule has 1 aromatic carbocycles. The van der Waals surface area contributed by atoms with Crippen LogP contribution in [0.15, 0.2) is 47.1 Å². The van der Waals surface area contributed by atoms with Gasteiger partial charge in [0, 0.05) is 6.07 Å². The second-order valence-electron chi connectivity index (χ2n) is 2.96. The molecular formula is C10H11N3O. The Kier molecular flexibility index (Phi) is 2.46. The van der Waals surface area contributed by atoms with Gasteiger partial charge in [0.2, 0.25) is 5.88 Å². The first-order valence-corrected chi connectivity index (χ1v) is 4.33. The summed E-state index contributed by atoms with van der Waals surface area (Å²) in [6.45, 7) is 0.607. The zero-order chi connectivity index (χ0) is 9.80. The molecule has 2 N–H and O–H groups in total. The molecule has 0 bridgehead atoms. The van der Waals surface area contributed by atoms with Gasteiger partial charge in [0.05, 0.1) is 12.7 Å². The van der Waals surface area contributed by atoms with Gasteiger partial charge in [-0.3, -0.25) is 5.01 Å². The largest absolute Gasteiger partial charge is 0.337 e. The fraction of sp³-hybridized carbons (Fsp3) is 0.100. The predicted octanol–water partition coefficient (Wildman–Crippen LogP) is 1.55. The van der Waals surface area contributed by atoms with E-state index in [1.807, 2.05) is 30.3 Å². The van der Waals surface area contributed by atoms with E-state index < -0.39 is 0 Å². The maximum absolute atomic E-state index is 5.77. The Hall–Kier alpha value is -1.81. The Morgan fingerprint density at radius 3 is 2.64 bits per heavy atom. The number of aromatic nitrogens is 1. The van der Waals surface area contributed by atoms with E-state index in [4.69, 9.17) is 10.4 Å². The molecular weight excluding hydrogens is 178 g/mol. The van der Waals surface area contributed by atoms with E-state index in [0.717, 1.165) is 5.56 Å². The molecule has 14 heavy (non-hydrogen) atoms. The molecule has 0 spiro atoms. The van der Waals surface area contributed by atoms with E-state index in [1.165, 1.54) is 5.01 Å². The summed E-state index contributed by atoms with van der Waals surface area (Å²) < 4.78 is 4.92. The first kappa shape index (κ1) is 8.77. The van der Waals surface area contributed by atoms with Crippen molar-refractivity contribution in [3.05, 3.63) is 48.2 Å². The van der Waals surface area contributed by atoms with Crippen LogP contribution < -0.4 is 10.9 Å². The second kappa shape index (κ2) is 3.93. The van der Waals surface area contributed by atoms with Crippen LogP contribution in [0, 0.1) is 0 Å². The van der Waals surface area contributed by atoms with Crippen LogP contribution in [0.5, 0.6) is 0 Å². The zero-order valence-electron chi connectivity index (χ0n) is 7.63. The van der Waals surface area contributed by atoms with Gasteiger partial charge in [-0.05, 0) is 5.56 Å². The van der Waals surface area contributed by atoms with Crippen molar-refractivity contribution in [3.8, 4) is 0 Å². The highest BCUT2D eigenvalue weighted by Crippen LogP contribution is 2.11. The molecule has 0 saturated carbocycles. The summed E-state index contributed by atoms with van der Waals surface area (Å²) in [4.78, 5) is 0. The molecule has 2 rings (SSSR count). The van der Waals surface area contributed by atoms with Gasteiger partial charge in [-0.15, -0.1) is 0 Å². The predicted molar refractivity (Wildman–Crippen MR) is 53.3 cm³/mol. The second-order valence-corrected chi connectivity index (χ2v) is 2.96. The first-order valence-electron chi connectivity index (χ1n) is 4.33. The van der Waals surface area contributed by atoms with Crippen molar-refractivity contribution in [3.63, 3.8) is 0 Å². The molecule has 1 heterocycles. The number of nitrogens with zero attached hydrogens (tertiary/aromatic N) is 2. The van der Waals surface area contributed by atoms with Crippen molar-refractivity contribution < 1.29 is 4.52 Å². The van der Waals surface area contributed by atoms with Crippen LogP contribution in [0.2, 0.25) is 0 Å². The Morgan fingerprint density at radius 1 is 1.21 bits per heavy atom. The van der Waals surface area contributed by atoms with Gasteiger partial charge in [0.1, 0.15) is 0 Å². The summed E-state index contributed by atoms with van der Waals surface area (Å²) in [6.07, 6.45) is 1.57. The van der Waals surface area contributed by atoms with E-state index in [-0.39, 0.29) is 0 Å². The van der Waals surface area contributed by atoms with Crippen LogP contribution in [0.25, 0.3) is 0 Å². The molecule has 0 aliphatic rings. The molecule has 2 aromatic rings. The highest BCUT2D eigenvalue weighted by atomic mass is 16.5. The van der Waals surface area contributed by atoms with Gasteiger partial charge in [-0.25, -0.2) is 5.84 Å². The number of benzene rings is 1. The molecule has 0 aliphatic heterocycles. The van der Waals surface area contributed by atoms with Crippen LogP contribution in [-0.2, 0) is 6.54 Å². The highest BCUT2D eigenvalue weighted by Gasteiger charge is 2.04. The van der Waals surface area contributed by atoms with Gasteiger partial charge in [0.15, 0.2) is 0 Å². The van der Waals surface area contributed by atoms with Gasteiger partial charge in [-0.2, -0.15) is 0 Å². The fourth-order valence-corrected chi connectivity index (χ4v) is 1.22. The Bertz CT molecular complexity index is 372. The Labute approximate surface area is 81.9 Å². The molecule has 0 fully saturated rings. The molecule has 0 atom stereocenters. The lowest BCUT2D eigenvalue weighted by molar-refractivity contribution is 0.415. The van der Waals surface area contributed by atoms with Crippen LogP contribution >= 0.6 is 0 Å². The van der Waals surface area contributed by atoms with Crippen molar-refractivity contribution in [2.24, 2.45) is 5.84 Å². The molecule has 4 heteroatoms. The molecule has 4 nitrogen and oxygen atoms in total. The lowest BCUT2D eigenvalue weighted by Gasteiger charge is -2.13. The number of anilines is 1. The zero-order valence-corrected chi connectivity index (χ0v) is 7.63. The van der Waals surface area contributed by atoms with E-state index in [0.29, 0.717) is 12.4 Å². The highest BCUT2D eigenvalue weighted by molar-refractivity contribution is 5.32. The monoisotopic (exact) mass is 189 g/mol. The van der Waals surface area contributed by atoms with Crippen molar-refractivity contribution in [2.75, 3.05) is 5.01 Å². The lowest BCUT2D eigenvalue weighted by Crippen LogP contribution is -2.29. The maximum Gasteiger partial charge on any atom is 0.241 e. The van der Waals surface area contributed by atoms with Gasteiger partial charge in [0.25, 0.3) is 0 Å². The quantitative estimate of drug-likeness (QED) is 0.588. The van der Waals surface area contributed by atoms with Crippen LogP contribution in [0.3, 0.4) is 0 Å². The summed E-state index contributed by atoms with van der Waals surface area (Å²) in [5, 5.41) is 5.10. The van der Waals surface area contributed by atoms with E-state index in [9.17, 15) is 0 Å².